The lowest BCUT2D eigenvalue weighted by molar-refractivity contribution is 0.710. The molecule has 24 heavy (non-hydrogen) atoms. The van der Waals surface area contributed by atoms with E-state index in [1.807, 2.05) is 54.6 Å². The number of anilines is 1. The highest BCUT2D eigenvalue weighted by Crippen LogP contribution is 2.15. The topological polar surface area (TPSA) is 92.7 Å². The summed E-state index contributed by atoms with van der Waals surface area (Å²) in [6.45, 7) is 0. The van der Waals surface area contributed by atoms with Gasteiger partial charge in [-0.3, -0.25) is 5.43 Å². The maximum Gasteiger partial charge on any atom is 0.287 e. The van der Waals surface area contributed by atoms with Gasteiger partial charge in [0.2, 0.25) is 5.84 Å². The Bertz CT molecular complexity index is 855. The number of hydrogen-bond donors (Lipinski definition) is 1. The van der Waals surface area contributed by atoms with Crippen molar-refractivity contribution in [2.45, 2.75) is 0 Å². The summed E-state index contributed by atoms with van der Waals surface area (Å²) in [5.74, 6) is 0.712. The van der Waals surface area contributed by atoms with Gasteiger partial charge in [0.1, 0.15) is 0 Å². The highest BCUT2D eigenvalue weighted by Gasteiger charge is 2.04. The van der Waals surface area contributed by atoms with E-state index in [0.29, 0.717) is 11.8 Å². The zero-order chi connectivity index (χ0) is 16.8. The van der Waals surface area contributed by atoms with Gasteiger partial charge in [-0.2, -0.15) is 5.10 Å². The SMILES string of the molecule is Cn1nnnc1N=NC(=NNc1ccc(Br)cc1)c1ccccc1. The molecule has 9 heteroatoms. The number of tetrazole rings is 1. The molecule has 0 saturated heterocycles. The van der Waals surface area contributed by atoms with Gasteiger partial charge in [0.15, 0.2) is 0 Å². The molecule has 0 bridgehead atoms. The molecule has 0 unspecified atom stereocenters. The number of azo groups is 1. The Labute approximate surface area is 146 Å². The molecule has 2 aromatic carbocycles. The molecule has 0 aliphatic heterocycles. The third-order valence-corrected chi connectivity index (χ3v) is 3.53. The summed E-state index contributed by atoms with van der Waals surface area (Å²) in [5, 5.41) is 23.6. The van der Waals surface area contributed by atoms with Gasteiger partial charge in [0.25, 0.3) is 5.95 Å². The predicted octanol–water partition coefficient (Wildman–Crippen LogP) is 3.53. The third kappa shape index (κ3) is 4.07. The fourth-order valence-corrected chi connectivity index (χ4v) is 2.04. The fourth-order valence-electron chi connectivity index (χ4n) is 1.78. The maximum absolute atomic E-state index is 4.34. The summed E-state index contributed by atoms with van der Waals surface area (Å²) >= 11 is 3.40. The van der Waals surface area contributed by atoms with E-state index >= 15 is 0 Å². The van der Waals surface area contributed by atoms with Crippen molar-refractivity contribution >= 4 is 33.4 Å². The van der Waals surface area contributed by atoms with Crippen LogP contribution in [0.4, 0.5) is 11.6 Å². The number of aryl methyl sites for hydroxylation is 1. The molecule has 0 atom stereocenters. The molecule has 0 spiro atoms. The van der Waals surface area contributed by atoms with Crippen molar-refractivity contribution < 1.29 is 0 Å². The Balaban J connectivity index is 1.87. The fraction of sp³-hybridized carbons (Fsp3) is 0.0667. The van der Waals surface area contributed by atoms with Gasteiger partial charge >= 0.3 is 0 Å². The molecular weight excluding hydrogens is 372 g/mol. The second-order valence-corrected chi connectivity index (χ2v) is 5.64. The molecule has 3 rings (SSSR count). The summed E-state index contributed by atoms with van der Waals surface area (Å²) in [6.07, 6.45) is 0. The van der Waals surface area contributed by atoms with Crippen LogP contribution in [0.15, 0.2) is 74.4 Å². The summed E-state index contributed by atoms with van der Waals surface area (Å²) < 4.78 is 2.42. The van der Waals surface area contributed by atoms with Crippen molar-refractivity contribution in [1.29, 1.82) is 0 Å². The molecule has 0 radical (unpaired) electrons. The minimum absolute atomic E-state index is 0.294. The van der Waals surface area contributed by atoms with Crippen LogP contribution in [0.5, 0.6) is 0 Å². The van der Waals surface area contributed by atoms with Crippen molar-refractivity contribution in [1.82, 2.24) is 20.2 Å². The van der Waals surface area contributed by atoms with Crippen LogP contribution in [0, 0.1) is 0 Å². The van der Waals surface area contributed by atoms with Crippen molar-refractivity contribution in [3.63, 3.8) is 0 Å². The molecule has 120 valence electrons. The molecular formula is C15H13BrN8. The lowest BCUT2D eigenvalue weighted by Crippen LogP contribution is -2.01. The molecule has 1 N–H and O–H groups in total. The number of rotatable bonds is 4. The molecule has 8 nitrogen and oxygen atoms in total. The summed E-state index contributed by atoms with van der Waals surface area (Å²) in [4.78, 5) is 0. The van der Waals surface area contributed by atoms with Crippen molar-refractivity contribution in [2.24, 2.45) is 22.4 Å². The number of nitrogens with one attached hydrogen (secondary N) is 1. The number of nitrogens with zero attached hydrogens (tertiary/aromatic N) is 7. The van der Waals surface area contributed by atoms with E-state index in [1.165, 1.54) is 4.68 Å². The number of hydrazone groups is 1. The smallest absolute Gasteiger partial charge is 0.276 e. The molecule has 0 amide bonds. The van der Waals surface area contributed by atoms with Crippen molar-refractivity contribution in [2.75, 3.05) is 5.43 Å². The Kier molecular flexibility index (Phi) is 5.02. The van der Waals surface area contributed by atoms with Gasteiger partial charge in [0, 0.05) is 17.1 Å². The first kappa shape index (κ1) is 15.9. The normalized spacial score (nSPS) is 11.8. The van der Waals surface area contributed by atoms with E-state index in [-0.39, 0.29) is 0 Å². The zero-order valence-corrected chi connectivity index (χ0v) is 14.3. The molecule has 3 aromatic rings. The van der Waals surface area contributed by atoms with Crippen LogP contribution < -0.4 is 5.43 Å². The highest BCUT2D eigenvalue weighted by molar-refractivity contribution is 9.10. The van der Waals surface area contributed by atoms with E-state index in [0.717, 1.165) is 15.7 Å². The molecule has 0 saturated carbocycles. The Hall–Kier alpha value is -2.94. The van der Waals surface area contributed by atoms with Crippen LogP contribution in [-0.2, 0) is 7.05 Å². The van der Waals surface area contributed by atoms with Gasteiger partial charge in [-0.05, 0) is 34.7 Å². The average molecular weight is 385 g/mol. The van der Waals surface area contributed by atoms with E-state index in [1.54, 1.807) is 7.05 Å². The van der Waals surface area contributed by atoms with E-state index in [4.69, 9.17) is 0 Å². The number of hydrogen-bond acceptors (Lipinski definition) is 6. The van der Waals surface area contributed by atoms with Gasteiger partial charge in [-0.1, -0.05) is 51.4 Å². The monoisotopic (exact) mass is 384 g/mol. The Morgan fingerprint density at radius 1 is 1.08 bits per heavy atom. The largest absolute Gasteiger partial charge is 0.287 e. The van der Waals surface area contributed by atoms with Gasteiger partial charge in [0.05, 0.1) is 5.69 Å². The number of aromatic nitrogens is 4. The van der Waals surface area contributed by atoms with Gasteiger partial charge in [-0.25, -0.2) is 4.68 Å². The standard InChI is InChI=1S/C15H13BrN8/c1-24-15(21-22-23-24)20-19-14(11-5-3-2-4-6-11)18-17-13-9-7-12(16)8-10-13/h2-10,17H,1H3. The van der Waals surface area contributed by atoms with Crippen LogP contribution in [0.2, 0.25) is 0 Å². The quantitative estimate of drug-likeness (QED) is 0.322. The molecule has 0 fully saturated rings. The predicted molar refractivity (Wildman–Crippen MR) is 94.1 cm³/mol. The number of amidine groups is 1. The van der Waals surface area contributed by atoms with Gasteiger partial charge in [-0.15, -0.1) is 10.2 Å². The Morgan fingerprint density at radius 2 is 1.83 bits per heavy atom. The summed E-state index contributed by atoms with van der Waals surface area (Å²) in [7, 11) is 1.69. The average Bonchev–Trinajstić information content (AvgIpc) is 3.02. The second kappa shape index (κ2) is 7.55. The summed E-state index contributed by atoms with van der Waals surface area (Å²) in [5.41, 5.74) is 4.63. The lowest BCUT2D eigenvalue weighted by Gasteiger charge is -2.03. The molecule has 0 aliphatic carbocycles. The van der Waals surface area contributed by atoms with Crippen LogP contribution in [0.3, 0.4) is 0 Å². The first-order valence-corrected chi connectivity index (χ1v) is 7.80. The molecule has 1 heterocycles. The van der Waals surface area contributed by atoms with Crippen LogP contribution in [0.1, 0.15) is 5.56 Å². The number of halogens is 1. The number of benzene rings is 2. The maximum atomic E-state index is 4.34. The second-order valence-electron chi connectivity index (χ2n) is 4.72. The van der Waals surface area contributed by atoms with Gasteiger partial charge < -0.3 is 0 Å². The molecule has 1 aromatic heterocycles. The minimum Gasteiger partial charge on any atom is -0.276 e. The van der Waals surface area contributed by atoms with Crippen LogP contribution in [0.25, 0.3) is 0 Å². The van der Waals surface area contributed by atoms with E-state index in [9.17, 15) is 0 Å². The first-order valence-electron chi connectivity index (χ1n) is 7.01. The van der Waals surface area contributed by atoms with E-state index in [2.05, 4.69) is 52.2 Å². The van der Waals surface area contributed by atoms with Crippen molar-refractivity contribution in [3.05, 3.63) is 64.6 Å². The first-order chi connectivity index (χ1) is 11.7. The third-order valence-electron chi connectivity index (χ3n) is 3.00. The van der Waals surface area contributed by atoms with E-state index < -0.39 is 0 Å². The highest BCUT2D eigenvalue weighted by atomic mass is 79.9. The van der Waals surface area contributed by atoms with Crippen LogP contribution in [-0.4, -0.2) is 26.0 Å². The van der Waals surface area contributed by atoms with Crippen molar-refractivity contribution in [3.8, 4) is 0 Å². The minimum atomic E-state index is 0.294. The Morgan fingerprint density at radius 3 is 2.50 bits per heavy atom. The lowest BCUT2D eigenvalue weighted by atomic mass is 10.2. The molecule has 0 aliphatic rings. The van der Waals surface area contributed by atoms with Crippen LogP contribution >= 0.6 is 15.9 Å². The zero-order valence-electron chi connectivity index (χ0n) is 12.7. The summed E-state index contributed by atoms with van der Waals surface area (Å²) in [6, 6.07) is 17.2.